The summed E-state index contributed by atoms with van der Waals surface area (Å²) >= 11 is 1.16. The Hall–Kier alpha value is -3.98. The molecule has 8 nitrogen and oxygen atoms in total. The van der Waals surface area contributed by atoms with Crippen LogP contribution in [0.2, 0.25) is 0 Å². The van der Waals surface area contributed by atoms with Crippen LogP contribution in [-0.2, 0) is 11.3 Å². The Morgan fingerprint density at radius 2 is 1.87 bits per heavy atom. The third kappa shape index (κ3) is 4.96. The molecule has 2 heterocycles. The van der Waals surface area contributed by atoms with Crippen LogP contribution in [0.1, 0.15) is 16.9 Å². The minimum absolute atomic E-state index is 0.0430. The second kappa shape index (κ2) is 9.23. The van der Waals surface area contributed by atoms with Gasteiger partial charge in [0, 0.05) is 12.1 Å². The van der Waals surface area contributed by atoms with Crippen molar-refractivity contribution in [3.05, 3.63) is 105 Å². The first-order chi connectivity index (χ1) is 15.1. The molecule has 4 rings (SSSR count). The number of amidine groups is 1. The van der Waals surface area contributed by atoms with Crippen LogP contribution in [0.15, 0.2) is 92.5 Å². The van der Waals surface area contributed by atoms with E-state index in [0.29, 0.717) is 21.4 Å². The first-order valence-electron chi connectivity index (χ1n) is 9.24. The Bertz CT molecular complexity index is 1190. The predicted octanol–water partition coefficient (Wildman–Crippen LogP) is 4.69. The van der Waals surface area contributed by atoms with E-state index < -0.39 is 4.92 Å². The number of nitrogens with zero attached hydrogens (tertiary/aromatic N) is 4. The lowest BCUT2D eigenvalue weighted by molar-refractivity contribution is -0.384. The molecule has 3 aromatic rings. The molecule has 1 aliphatic rings. The SMILES string of the molecule is O=C1/C(=C/c2cccc([N+](=O)[O-])c2)S/C(=N/N=C\c2ccccc2)N1Cc1ccco1. The minimum Gasteiger partial charge on any atom is -0.467 e. The fraction of sp³-hybridized carbons (Fsp3) is 0.0455. The van der Waals surface area contributed by atoms with Crippen molar-refractivity contribution in [1.82, 2.24) is 4.90 Å². The molecule has 1 aliphatic heterocycles. The zero-order chi connectivity index (χ0) is 21.6. The number of nitro benzene ring substituents is 1. The molecule has 0 N–H and O–H groups in total. The van der Waals surface area contributed by atoms with Crippen LogP contribution >= 0.6 is 11.8 Å². The van der Waals surface area contributed by atoms with Gasteiger partial charge in [-0.3, -0.25) is 19.8 Å². The lowest BCUT2D eigenvalue weighted by Crippen LogP contribution is -2.28. The van der Waals surface area contributed by atoms with Crippen LogP contribution < -0.4 is 0 Å². The number of furan rings is 1. The maximum absolute atomic E-state index is 13.0. The Labute approximate surface area is 181 Å². The van der Waals surface area contributed by atoms with Gasteiger partial charge in [-0.1, -0.05) is 42.5 Å². The molecule has 0 spiro atoms. The van der Waals surface area contributed by atoms with Gasteiger partial charge in [0.25, 0.3) is 11.6 Å². The number of carbonyl (C=O) groups excluding carboxylic acids is 1. The van der Waals surface area contributed by atoms with Gasteiger partial charge in [-0.2, -0.15) is 5.10 Å². The van der Waals surface area contributed by atoms with E-state index in [-0.39, 0.29) is 18.1 Å². The molecule has 0 radical (unpaired) electrons. The van der Waals surface area contributed by atoms with Gasteiger partial charge in [-0.15, -0.1) is 5.10 Å². The second-order valence-corrected chi connectivity index (χ2v) is 7.48. The molecule has 0 unspecified atom stereocenters. The number of nitro groups is 1. The summed E-state index contributed by atoms with van der Waals surface area (Å²) in [6.07, 6.45) is 4.75. The molecule has 1 fully saturated rings. The smallest absolute Gasteiger partial charge is 0.270 e. The van der Waals surface area contributed by atoms with Crippen molar-refractivity contribution in [1.29, 1.82) is 0 Å². The van der Waals surface area contributed by atoms with E-state index in [1.165, 1.54) is 23.3 Å². The summed E-state index contributed by atoms with van der Waals surface area (Å²) in [5.74, 6) is 0.326. The Morgan fingerprint density at radius 1 is 1.06 bits per heavy atom. The first kappa shape index (κ1) is 20.3. The highest BCUT2D eigenvalue weighted by atomic mass is 32.2. The molecule has 1 aromatic heterocycles. The molecular formula is C22H16N4O4S. The number of benzene rings is 2. The number of amides is 1. The average Bonchev–Trinajstić information content (AvgIpc) is 3.39. The highest BCUT2D eigenvalue weighted by Gasteiger charge is 2.34. The highest BCUT2D eigenvalue weighted by molar-refractivity contribution is 8.18. The maximum atomic E-state index is 13.0. The molecule has 9 heteroatoms. The van der Waals surface area contributed by atoms with E-state index in [4.69, 9.17) is 4.42 Å². The number of hydrogen-bond donors (Lipinski definition) is 0. The molecule has 0 saturated carbocycles. The molecular weight excluding hydrogens is 416 g/mol. The van der Waals surface area contributed by atoms with E-state index in [2.05, 4.69) is 10.2 Å². The number of carbonyl (C=O) groups is 1. The van der Waals surface area contributed by atoms with Crippen LogP contribution in [0.3, 0.4) is 0 Å². The molecule has 0 aliphatic carbocycles. The summed E-state index contributed by atoms with van der Waals surface area (Å²) in [5, 5.41) is 19.8. The summed E-state index contributed by atoms with van der Waals surface area (Å²) in [6, 6.07) is 19.1. The van der Waals surface area contributed by atoms with E-state index in [1.807, 2.05) is 30.3 Å². The summed E-state index contributed by atoms with van der Waals surface area (Å²) in [7, 11) is 0. The van der Waals surface area contributed by atoms with Gasteiger partial charge in [-0.05, 0) is 41.1 Å². The zero-order valence-corrected chi connectivity index (χ0v) is 16.9. The van der Waals surface area contributed by atoms with E-state index in [0.717, 1.165) is 17.3 Å². The van der Waals surface area contributed by atoms with Gasteiger partial charge in [0.15, 0.2) is 5.17 Å². The topological polar surface area (TPSA) is 101 Å². The monoisotopic (exact) mass is 432 g/mol. The van der Waals surface area contributed by atoms with E-state index in [1.54, 1.807) is 36.6 Å². The third-order valence-electron chi connectivity index (χ3n) is 4.31. The Kier molecular flexibility index (Phi) is 6.04. The van der Waals surface area contributed by atoms with Crippen LogP contribution in [0.25, 0.3) is 6.08 Å². The van der Waals surface area contributed by atoms with Crippen molar-refractivity contribution in [3.63, 3.8) is 0 Å². The van der Waals surface area contributed by atoms with Gasteiger partial charge in [0.2, 0.25) is 0 Å². The van der Waals surface area contributed by atoms with Gasteiger partial charge in [0.05, 0.1) is 28.9 Å². The normalized spacial score (nSPS) is 16.6. The molecule has 1 amide bonds. The summed E-state index contributed by atoms with van der Waals surface area (Å²) in [6.45, 7) is 0.199. The lowest BCUT2D eigenvalue weighted by atomic mass is 10.2. The van der Waals surface area contributed by atoms with Gasteiger partial charge >= 0.3 is 0 Å². The summed E-state index contributed by atoms with van der Waals surface area (Å²) in [5.41, 5.74) is 1.39. The number of hydrogen-bond acceptors (Lipinski definition) is 7. The van der Waals surface area contributed by atoms with Crippen molar-refractivity contribution in [3.8, 4) is 0 Å². The maximum Gasteiger partial charge on any atom is 0.270 e. The fourth-order valence-corrected chi connectivity index (χ4v) is 3.78. The van der Waals surface area contributed by atoms with Crippen LogP contribution in [-0.4, -0.2) is 27.1 Å². The molecule has 31 heavy (non-hydrogen) atoms. The molecule has 2 aromatic carbocycles. The van der Waals surface area contributed by atoms with Crippen LogP contribution in [0.5, 0.6) is 0 Å². The van der Waals surface area contributed by atoms with Crippen molar-refractivity contribution in [2.75, 3.05) is 0 Å². The fourth-order valence-electron chi connectivity index (χ4n) is 2.84. The number of rotatable bonds is 6. The van der Waals surface area contributed by atoms with Gasteiger partial charge in [-0.25, -0.2) is 0 Å². The number of thioether (sulfide) groups is 1. The van der Waals surface area contributed by atoms with Crippen LogP contribution in [0, 0.1) is 10.1 Å². The van der Waals surface area contributed by atoms with Crippen molar-refractivity contribution in [2.24, 2.45) is 10.2 Å². The Balaban J connectivity index is 1.63. The second-order valence-electron chi connectivity index (χ2n) is 6.47. The predicted molar refractivity (Wildman–Crippen MR) is 119 cm³/mol. The van der Waals surface area contributed by atoms with Crippen molar-refractivity contribution >= 4 is 40.8 Å². The van der Waals surface area contributed by atoms with Gasteiger partial charge in [0.1, 0.15) is 5.76 Å². The highest BCUT2D eigenvalue weighted by Crippen LogP contribution is 2.34. The largest absolute Gasteiger partial charge is 0.467 e. The van der Waals surface area contributed by atoms with E-state index >= 15 is 0 Å². The van der Waals surface area contributed by atoms with Gasteiger partial charge < -0.3 is 4.42 Å². The van der Waals surface area contributed by atoms with Crippen molar-refractivity contribution < 1.29 is 14.1 Å². The number of non-ortho nitro benzene ring substituents is 1. The minimum atomic E-state index is -0.472. The quantitative estimate of drug-likeness (QED) is 0.243. The summed E-state index contributed by atoms with van der Waals surface area (Å²) in [4.78, 5) is 25.4. The standard InChI is InChI=1S/C22H16N4O4S/c27-21-20(13-17-8-4-9-18(12-17)26(28)29)31-22(25(21)15-19-10-5-11-30-19)24-23-14-16-6-2-1-3-7-16/h1-14H,15H2/b20-13-,23-14-,24-22+. The van der Waals surface area contributed by atoms with Crippen molar-refractivity contribution in [2.45, 2.75) is 6.54 Å². The molecule has 154 valence electrons. The lowest BCUT2D eigenvalue weighted by Gasteiger charge is -2.12. The Morgan fingerprint density at radius 3 is 2.61 bits per heavy atom. The first-order valence-corrected chi connectivity index (χ1v) is 10.1. The molecule has 0 atom stereocenters. The molecule has 0 bridgehead atoms. The van der Waals surface area contributed by atoms with E-state index in [9.17, 15) is 14.9 Å². The zero-order valence-electron chi connectivity index (χ0n) is 16.1. The average molecular weight is 432 g/mol. The summed E-state index contributed by atoms with van der Waals surface area (Å²) < 4.78 is 5.37. The molecule has 1 saturated heterocycles. The van der Waals surface area contributed by atoms with Crippen LogP contribution in [0.4, 0.5) is 5.69 Å². The third-order valence-corrected chi connectivity index (χ3v) is 5.31.